The first-order valence-corrected chi connectivity index (χ1v) is 9.03. The molecule has 0 unspecified atom stereocenters. The molecule has 1 N–H and O–H groups in total. The summed E-state index contributed by atoms with van der Waals surface area (Å²) in [5.41, 5.74) is 2.39. The highest BCUT2D eigenvalue weighted by atomic mass is 16.5. The van der Waals surface area contributed by atoms with Crippen molar-refractivity contribution >= 4 is 11.6 Å². The molecule has 0 fully saturated rings. The van der Waals surface area contributed by atoms with E-state index >= 15 is 0 Å². The van der Waals surface area contributed by atoms with Gasteiger partial charge in [0.1, 0.15) is 5.75 Å². The van der Waals surface area contributed by atoms with Crippen LogP contribution in [-0.2, 0) is 11.2 Å². The van der Waals surface area contributed by atoms with Crippen LogP contribution in [0.15, 0.2) is 40.9 Å². The molecular weight excluding hydrogens is 374 g/mol. The Hall–Kier alpha value is -3.55. The first-order chi connectivity index (χ1) is 14.0. The van der Waals surface area contributed by atoms with Gasteiger partial charge < -0.3 is 24.1 Å². The Morgan fingerprint density at radius 1 is 1.00 bits per heavy atom. The quantitative estimate of drug-likeness (QED) is 0.620. The van der Waals surface area contributed by atoms with Crippen LogP contribution in [0.1, 0.15) is 17.9 Å². The number of nitrogens with zero attached hydrogens (tertiary/aromatic N) is 2. The molecular formula is C21H23N3O5. The molecule has 1 heterocycles. The van der Waals surface area contributed by atoms with Crippen LogP contribution in [0.5, 0.6) is 17.2 Å². The van der Waals surface area contributed by atoms with Crippen LogP contribution in [0.2, 0.25) is 0 Å². The minimum absolute atomic E-state index is 0.167. The van der Waals surface area contributed by atoms with E-state index in [-0.39, 0.29) is 12.3 Å². The number of rotatable bonds is 8. The summed E-state index contributed by atoms with van der Waals surface area (Å²) in [5, 5.41) is 6.84. The number of benzene rings is 2. The molecule has 152 valence electrons. The van der Waals surface area contributed by atoms with Gasteiger partial charge in [0.15, 0.2) is 11.5 Å². The van der Waals surface area contributed by atoms with Crippen LogP contribution >= 0.6 is 0 Å². The van der Waals surface area contributed by atoms with Crippen LogP contribution in [0, 0.1) is 6.92 Å². The van der Waals surface area contributed by atoms with Crippen molar-refractivity contribution in [1.29, 1.82) is 0 Å². The Bertz CT molecular complexity index is 1000. The third kappa shape index (κ3) is 4.84. The highest BCUT2D eigenvalue weighted by molar-refractivity contribution is 5.92. The van der Waals surface area contributed by atoms with Crippen molar-refractivity contribution in [2.45, 2.75) is 19.8 Å². The molecule has 0 saturated heterocycles. The van der Waals surface area contributed by atoms with Crippen molar-refractivity contribution in [2.24, 2.45) is 0 Å². The Kier molecular flexibility index (Phi) is 6.33. The SMILES string of the molecule is COc1ccc(C)cc1NC(=O)CCc1nc(-c2ccc(OC)c(OC)c2)no1. The smallest absolute Gasteiger partial charge is 0.227 e. The van der Waals surface area contributed by atoms with Gasteiger partial charge >= 0.3 is 0 Å². The maximum atomic E-state index is 12.3. The van der Waals surface area contributed by atoms with E-state index in [1.165, 1.54) is 0 Å². The monoisotopic (exact) mass is 397 g/mol. The van der Waals surface area contributed by atoms with Gasteiger partial charge in [-0.3, -0.25) is 4.79 Å². The van der Waals surface area contributed by atoms with Crippen LogP contribution in [0.3, 0.4) is 0 Å². The first-order valence-electron chi connectivity index (χ1n) is 9.03. The minimum Gasteiger partial charge on any atom is -0.495 e. The number of carbonyl (C=O) groups excluding carboxylic acids is 1. The predicted molar refractivity (Wildman–Crippen MR) is 108 cm³/mol. The Labute approximate surface area is 168 Å². The van der Waals surface area contributed by atoms with Crippen molar-refractivity contribution in [3.8, 4) is 28.6 Å². The Morgan fingerprint density at radius 2 is 1.72 bits per heavy atom. The molecule has 0 atom stereocenters. The number of carbonyl (C=O) groups is 1. The Morgan fingerprint density at radius 3 is 2.45 bits per heavy atom. The van der Waals surface area contributed by atoms with Gasteiger partial charge in [0.2, 0.25) is 17.6 Å². The molecule has 0 aliphatic rings. The highest BCUT2D eigenvalue weighted by Crippen LogP contribution is 2.31. The molecule has 0 spiro atoms. The number of aryl methyl sites for hydroxylation is 2. The van der Waals surface area contributed by atoms with E-state index in [0.29, 0.717) is 41.1 Å². The number of hydrogen-bond acceptors (Lipinski definition) is 7. The zero-order valence-corrected chi connectivity index (χ0v) is 16.8. The third-order valence-corrected chi connectivity index (χ3v) is 4.30. The molecule has 1 amide bonds. The van der Waals surface area contributed by atoms with E-state index in [4.69, 9.17) is 18.7 Å². The summed E-state index contributed by atoms with van der Waals surface area (Å²) in [5.74, 6) is 2.42. The number of amides is 1. The molecule has 3 aromatic rings. The summed E-state index contributed by atoms with van der Waals surface area (Å²) in [4.78, 5) is 16.7. The van der Waals surface area contributed by atoms with Gasteiger partial charge in [0, 0.05) is 18.4 Å². The average molecular weight is 397 g/mol. The fourth-order valence-electron chi connectivity index (χ4n) is 2.80. The molecule has 0 saturated carbocycles. The van der Waals surface area contributed by atoms with Crippen molar-refractivity contribution < 1.29 is 23.5 Å². The molecule has 8 heteroatoms. The minimum atomic E-state index is -0.167. The molecule has 0 radical (unpaired) electrons. The van der Waals surface area contributed by atoms with E-state index in [1.807, 2.05) is 31.2 Å². The van der Waals surface area contributed by atoms with Crippen molar-refractivity contribution in [3.63, 3.8) is 0 Å². The van der Waals surface area contributed by atoms with Gasteiger partial charge in [0.25, 0.3) is 0 Å². The zero-order valence-electron chi connectivity index (χ0n) is 16.8. The second-order valence-electron chi connectivity index (χ2n) is 6.33. The molecule has 0 bridgehead atoms. The van der Waals surface area contributed by atoms with E-state index in [1.54, 1.807) is 33.5 Å². The Balaban J connectivity index is 1.64. The maximum absolute atomic E-state index is 12.3. The van der Waals surface area contributed by atoms with Gasteiger partial charge in [0.05, 0.1) is 27.0 Å². The van der Waals surface area contributed by atoms with Crippen molar-refractivity contribution in [2.75, 3.05) is 26.6 Å². The topological polar surface area (TPSA) is 95.7 Å². The fourth-order valence-corrected chi connectivity index (χ4v) is 2.80. The van der Waals surface area contributed by atoms with E-state index in [0.717, 1.165) is 11.1 Å². The van der Waals surface area contributed by atoms with Crippen molar-refractivity contribution in [1.82, 2.24) is 10.1 Å². The second kappa shape index (κ2) is 9.09. The maximum Gasteiger partial charge on any atom is 0.227 e. The molecule has 29 heavy (non-hydrogen) atoms. The molecule has 2 aromatic carbocycles. The van der Waals surface area contributed by atoms with Gasteiger partial charge in [-0.25, -0.2) is 0 Å². The molecule has 3 rings (SSSR count). The lowest BCUT2D eigenvalue weighted by Crippen LogP contribution is -2.13. The number of hydrogen-bond donors (Lipinski definition) is 1. The number of aromatic nitrogens is 2. The van der Waals surface area contributed by atoms with E-state index < -0.39 is 0 Å². The van der Waals surface area contributed by atoms with Gasteiger partial charge in [-0.15, -0.1) is 0 Å². The number of nitrogens with one attached hydrogen (secondary N) is 1. The van der Waals surface area contributed by atoms with Crippen LogP contribution < -0.4 is 19.5 Å². The second-order valence-corrected chi connectivity index (χ2v) is 6.33. The molecule has 8 nitrogen and oxygen atoms in total. The summed E-state index contributed by atoms with van der Waals surface area (Å²) in [6, 6.07) is 10.9. The predicted octanol–water partition coefficient (Wildman–Crippen LogP) is 3.64. The highest BCUT2D eigenvalue weighted by Gasteiger charge is 2.14. The lowest BCUT2D eigenvalue weighted by Gasteiger charge is -2.10. The lowest BCUT2D eigenvalue weighted by molar-refractivity contribution is -0.116. The van der Waals surface area contributed by atoms with E-state index in [2.05, 4.69) is 15.5 Å². The molecule has 0 aliphatic carbocycles. The van der Waals surface area contributed by atoms with Crippen LogP contribution in [-0.4, -0.2) is 37.4 Å². The molecule has 1 aromatic heterocycles. The fraction of sp³-hybridized carbons (Fsp3) is 0.286. The third-order valence-electron chi connectivity index (χ3n) is 4.30. The summed E-state index contributed by atoms with van der Waals surface area (Å²) >= 11 is 0. The van der Waals surface area contributed by atoms with Crippen molar-refractivity contribution in [3.05, 3.63) is 47.9 Å². The summed E-state index contributed by atoms with van der Waals surface area (Å²) in [6.07, 6.45) is 0.519. The summed E-state index contributed by atoms with van der Waals surface area (Å²) in [7, 11) is 4.70. The summed E-state index contributed by atoms with van der Waals surface area (Å²) in [6.45, 7) is 1.95. The first kappa shape index (κ1) is 20.2. The van der Waals surface area contributed by atoms with E-state index in [9.17, 15) is 4.79 Å². The molecule has 0 aliphatic heterocycles. The number of methoxy groups -OCH3 is 3. The lowest BCUT2D eigenvalue weighted by atomic mass is 10.2. The van der Waals surface area contributed by atoms with Crippen LogP contribution in [0.4, 0.5) is 5.69 Å². The van der Waals surface area contributed by atoms with Crippen LogP contribution in [0.25, 0.3) is 11.4 Å². The standard InChI is InChI=1S/C21H23N3O5/c1-13-5-7-16(26-2)15(11-13)22-19(25)9-10-20-23-21(24-29-20)14-6-8-17(27-3)18(12-14)28-4/h5-8,11-12H,9-10H2,1-4H3,(H,22,25). The van der Waals surface area contributed by atoms with Gasteiger partial charge in [-0.05, 0) is 42.8 Å². The normalized spacial score (nSPS) is 10.5. The van der Waals surface area contributed by atoms with Gasteiger partial charge in [-0.1, -0.05) is 11.2 Å². The largest absolute Gasteiger partial charge is 0.495 e. The number of ether oxygens (including phenoxy) is 3. The zero-order chi connectivity index (χ0) is 20.8. The van der Waals surface area contributed by atoms with Gasteiger partial charge in [-0.2, -0.15) is 4.98 Å². The number of anilines is 1. The summed E-state index contributed by atoms with van der Waals surface area (Å²) < 4.78 is 21.1. The average Bonchev–Trinajstić information content (AvgIpc) is 3.21.